The van der Waals surface area contributed by atoms with Gasteiger partial charge in [0.1, 0.15) is 0 Å². The highest BCUT2D eigenvalue weighted by Gasteiger charge is 2.34. The van der Waals surface area contributed by atoms with Crippen LogP contribution >= 0.6 is 22.9 Å². The standard InChI is InChI=1S/C35H40ClN5O3S/c1-20(2)41-15-14-40(19-28(41)23-10-13-27-24(17-23)18-37-39(27)7)34-38-26-16-21(3)29(31(33(42)43)44-35(4,5)6)30(32(26)45-34)22-8-11-25(36)12-9-22/h8-13,16-18,20,28,31H,14-15,19H2,1-7H3,(H,42,43). The fourth-order valence-electron chi connectivity index (χ4n) is 6.44. The minimum Gasteiger partial charge on any atom is -0.479 e. The molecule has 1 N–H and O–H groups in total. The highest BCUT2D eigenvalue weighted by atomic mass is 35.5. The summed E-state index contributed by atoms with van der Waals surface area (Å²) in [5.41, 5.74) is 5.76. The van der Waals surface area contributed by atoms with Crippen molar-refractivity contribution in [3.63, 3.8) is 0 Å². The van der Waals surface area contributed by atoms with E-state index in [0.717, 1.165) is 62.6 Å². The zero-order chi connectivity index (χ0) is 32.2. The van der Waals surface area contributed by atoms with Crippen LogP contribution in [0.2, 0.25) is 5.02 Å². The first-order valence-electron chi connectivity index (χ1n) is 15.3. The molecule has 8 nitrogen and oxygen atoms in total. The molecule has 3 heterocycles. The number of halogens is 1. The molecule has 0 amide bonds. The molecule has 0 bridgehead atoms. The number of rotatable bonds is 7. The third kappa shape index (κ3) is 6.19. The number of anilines is 1. The fraction of sp³-hybridized carbons (Fsp3) is 0.400. The van der Waals surface area contributed by atoms with Crippen molar-refractivity contribution in [3.05, 3.63) is 76.4 Å². The average molecular weight is 646 g/mol. The lowest BCUT2D eigenvalue weighted by atomic mass is 9.91. The Kier molecular flexibility index (Phi) is 8.41. The number of aryl methyl sites for hydroxylation is 2. The Bertz CT molecular complexity index is 1870. The molecule has 236 valence electrons. The van der Waals surface area contributed by atoms with Gasteiger partial charge in [0.25, 0.3) is 0 Å². The van der Waals surface area contributed by atoms with Gasteiger partial charge in [-0.3, -0.25) is 9.58 Å². The lowest BCUT2D eigenvalue weighted by Gasteiger charge is -2.43. The van der Waals surface area contributed by atoms with Crippen molar-refractivity contribution in [2.45, 2.75) is 65.3 Å². The average Bonchev–Trinajstić information content (AvgIpc) is 3.58. The van der Waals surface area contributed by atoms with Crippen LogP contribution in [0.15, 0.2) is 54.7 Å². The topological polar surface area (TPSA) is 83.7 Å². The number of fused-ring (bicyclic) bond motifs is 2. The number of hydrogen-bond donors (Lipinski definition) is 1. The van der Waals surface area contributed by atoms with Gasteiger partial charge in [0.2, 0.25) is 0 Å². The summed E-state index contributed by atoms with van der Waals surface area (Å²) in [5, 5.41) is 17.5. The van der Waals surface area contributed by atoms with E-state index in [0.29, 0.717) is 16.6 Å². The molecule has 0 saturated carbocycles. The third-order valence-electron chi connectivity index (χ3n) is 8.52. The first kappa shape index (κ1) is 31.5. The molecule has 0 spiro atoms. The maximum atomic E-state index is 12.7. The van der Waals surface area contributed by atoms with Gasteiger partial charge in [-0.25, -0.2) is 9.78 Å². The molecule has 2 unspecified atom stereocenters. The van der Waals surface area contributed by atoms with Gasteiger partial charge in [-0.05, 0) is 88.6 Å². The number of carboxylic acid groups (broad SMARTS) is 1. The molecule has 1 fully saturated rings. The van der Waals surface area contributed by atoms with Crippen LogP contribution in [0, 0.1) is 6.92 Å². The molecule has 0 aliphatic carbocycles. The van der Waals surface area contributed by atoms with Crippen molar-refractivity contribution >= 4 is 55.2 Å². The fourth-order valence-corrected chi connectivity index (χ4v) is 7.72. The quantitative estimate of drug-likeness (QED) is 0.192. The van der Waals surface area contributed by atoms with Gasteiger partial charge in [0, 0.05) is 54.3 Å². The number of carboxylic acids is 1. The second kappa shape index (κ2) is 12.0. The SMILES string of the molecule is Cc1cc2nc(N3CCN(C(C)C)C(c4ccc5c(cnn5C)c4)C3)sc2c(-c2ccc(Cl)cc2)c1C(OC(C)(C)C)C(=O)O. The van der Waals surface area contributed by atoms with E-state index >= 15 is 0 Å². The lowest BCUT2D eigenvalue weighted by Crippen LogP contribution is -2.50. The van der Waals surface area contributed by atoms with Gasteiger partial charge >= 0.3 is 5.97 Å². The van der Waals surface area contributed by atoms with Crippen molar-refractivity contribution in [1.82, 2.24) is 19.7 Å². The van der Waals surface area contributed by atoms with Crippen LogP contribution in [0.25, 0.3) is 32.2 Å². The summed E-state index contributed by atoms with van der Waals surface area (Å²) in [5.74, 6) is -1.02. The van der Waals surface area contributed by atoms with E-state index in [-0.39, 0.29) is 6.04 Å². The smallest absolute Gasteiger partial charge is 0.337 e. The number of nitrogens with zero attached hydrogens (tertiary/aromatic N) is 5. The van der Waals surface area contributed by atoms with Crippen LogP contribution in [-0.4, -0.2) is 62.0 Å². The molecule has 5 aromatic rings. The Labute approximate surface area is 273 Å². The molecule has 6 rings (SSSR count). The summed E-state index contributed by atoms with van der Waals surface area (Å²) < 4.78 is 9.04. The molecular formula is C35H40ClN5O3S. The van der Waals surface area contributed by atoms with E-state index in [9.17, 15) is 9.90 Å². The lowest BCUT2D eigenvalue weighted by molar-refractivity contribution is -0.160. The third-order valence-corrected chi connectivity index (χ3v) is 9.92. The molecule has 10 heteroatoms. The van der Waals surface area contributed by atoms with Gasteiger partial charge in [-0.15, -0.1) is 0 Å². The van der Waals surface area contributed by atoms with Gasteiger partial charge in [-0.2, -0.15) is 5.10 Å². The van der Waals surface area contributed by atoms with Gasteiger partial charge in [-0.1, -0.05) is 41.1 Å². The number of ether oxygens (including phenoxy) is 1. The highest BCUT2D eigenvalue weighted by Crippen LogP contribution is 2.45. The second-order valence-electron chi connectivity index (χ2n) is 13.2. The zero-order valence-electron chi connectivity index (χ0n) is 26.8. The normalized spacial score (nSPS) is 17.1. The van der Waals surface area contributed by atoms with Crippen molar-refractivity contribution < 1.29 is 14.6 Å². The van der Waals surface area contributed by atoms with E-state index in [4.69, 9.17) is 21.3 Å². The van der Waals surface area contributed by atoms with Gasteiger partial charge < -0.3 is 14.7 Å². The maximum absolute atomic E-state index is 12.7. The second-order valence-corrected chi connectivity index (χ2v) is 14.6. The predicted octanol–water partition coefficient (Wildman–Crippen LogP) is 8.02. The number of aromatic nitrogens is 3. The van der Waals surface area contributed by atoms with E-state index in [1.54, 1.807) is 11.3 Å². The maximum Gasteiger partial charge on any atom is 0.337 e. The molecule has 45 heavy (non-hydrogen) atoms. The van der Waals surface area contributed by atoms with Crippen LogP contribution in [0.5, 0.6) is 0 Å². The number of benzene rings is 3. The Hall–Kier alpha value is -3.50. The van der Waals surface area contributed by atoms with Crippen molar-refractivity contribution in [3.8, 4) is 11.1 Å². The van der Waals surface area contributed by atoms with Crippen molar-refractivity contribution in [1.29, 1.82) is 0 Å². The first-order valence-corrected chi connectivity index (χ1v) is 16.5. The zero-order valence-corrected chi connectivity index (χ0v) is 28.4. The molecule has 0 radical (unpaired) electrons. The molecule has 2 atom stereocenters. The Morgan fingerprint density at radius 2 is 1.84 bits per heavy atom. The molecule has 2 aromatic heterocycles. The van der Waals surface area contributed by atoms with Gasteiger partial charge in [0.15, 0.2) is 11.2 Å². The van der Waals surface area contributed by atoms with Crippen LogP contribution < -0.4 is 4.90 Å². The molecule has 1 saturated heterocycles. The minimum atomic E-state index is -1.15. The molecular weight excluding hydrogens is 606 g/mol. The molecule has 3 aromatic carbocycles. The Morgan fingerprint density at radius 3 is 2.51 bits per heavy atom. The number of carbonyl (C=O) groups is 1. The Morgan fingerprint density at radius 1 is 1.11 bits per heavy atom. The van der Waals surface area contributed by atoms with Crippen LogP contribution in [0.1, 0.15) is 63.5 Å². The number of hydrogen-bond acceptors (Lipinski definition) is 7. The van der Waals surface area contributed by atoms with E-state index in [1.807, 2.05) is 76.0 Å². The molecule has 1 aliphatic rings. The summed E-state index contributed by atoms with van der Waals surface area (Å²) in [7, 11) is 1.97. The summed E-state index contributed by atoms with van der Waals surface area (Å²) in [4.78, 5) is 22.8. The van der Waals surface area contributed by atoms with Crippen molar-refractivity contribution in [2.24, 2.45) is 7.05 Å². The highest BCUT2D eigenvalue weighted by molar-refractivity contribution is 7.22. The summed E-state index contributed by atoms with van der Waals surface area (Å²) >= 11 is 7.90. The molecule has 1 aliphatic heterocycles. The summed E-state index contributed by atoms with van der Waals surface area (Å²) in [6.07, 6.45) is 0.783. The summed E-state index contributed by atoms with van der Waals surface area (Å²) in [6.45, 7) is 14.6. The Balaban J connectivity index is 1.46. The largest absolute Gasteiger partial charge is 0.479 e. The number of aliphatic carboxylic acids is 1. The van der Waals surface area contributed by atoms with E-state index in [2.05, 4.69) is 46.9 Å². The van der Waals surface area contributed by atoms with Crippen LogP contribution in [-0.2, 0) is 16.6 Å². The van der Waals surface area contributed by atoms with Crippen LogP contribution in [0.4, 0.5) is 5.13 Å². The first-order chi connectivity index (χ1) is 21.3. The van der Waals surface area contributed by atoms with Crippen LogP contribution in [0.3, 0.4) is 0 Å². The van der Waals surface area contributed by atoms with Crippen molar-refractivity contribution in [2.75, 3.05) is 24.5 Å². The number of piperazine rings is 1. The van der Waals surface area contributed by atoms with Gasteiger partial charge in [0.05, 0.1) is 33.6 Å². The number of thiazole rings is 1. The van der Waals surface area contributed by atoms with E-state index < -0.39 is 17.7 Å². The van der Waals surface area contributed by atoms with E-state index in [1.165, 1.54) is 5.56 Å². The minimum absolute atomic E-state index is 0.181. The summed E-state index contributed by atoms with van der Waals surface area (Å²) in [6, 6.07) is 16.8. The monoisotopic (exact) mass is 645 g/mol. The predicted molar refractivity (Wildman–Crippen MR) is 184 cm³/mol.